The second-order valence-corrected chi connectivity index (χ2v) is 6.14. The monoisotopic (exact) mass is 338 g/mol. The first-order chi connectivity index (χ1) is 11.0. The molecule has 0 aliphatic heterocycles. The first-order valence-electron chi connectivity index (χ1n) is 7.24. The Morgan fingerprint density at radius 2 is 2.30 bits per heavy atom. The van der Waals surface area contributed by atoms with Gasteiger partial charge in [-0.25, -0.2) is 9.55 Å². The predicted molar refractivity (Wildman–Crippen MR) is 87.7 cm³/mol. The van der Waals surface area contributed by atoms with E-state index < -0.39 is 7.75 Å². The fraction of sp³-hybridized carbons (Fsp3) is 0.357. The smallest absolute Gasteiger partial charge is 0.350 e. The van der Waals surface area contributed by atoms with Gasteiger partial charge >= 0.3 is 7.75 Å². The summed E-state index contributed by atoms with van der Waals surface area (Å²) in [6.07, 6.45) is 1.63. The van der Waals surface area contributed by atoms with Crippen LogP contribution in [0.25, 0.3) is 11.0 Å². The van der Waals surface area contributed by atoms with Gasteiger partial charge in [-0.05, 0) is 25.5 Å². The van der Waals surface area contributed by atoms with E-state index in [9.17, 15) is 14.3 Å². The molecule has 8 nitrogen and oxygen atoms in total. The van der Waals surface area contributed by atoms with Crippen LogP contribution in [0.1, 0.15) is 30.0 Å². The Balaban J connectivity index is 2.23. The van der Waals surface area contributed by atoms with Crippen molar-refractivity contribution in [2.24, 2.45) is 4.76 Å². The van der Waals surface area contributed by atoms with Crippen LogP contribution >= 0.6 is 7.75 Å². The molecule has 0 radical (unpaired) electrons. The van der Waals surface area contributed by atoms with E-state index in [-0.39, 0.29) is 18.3 Å². The Hall–Kier alpha value is -2.02. The highest BCUT2D eigenvalue weighted by Gasteiger charge is 2.15. The number of aromatic amines is 1. The standard InChI is InChI=1S/C14H19N4O4P/c1-3-15-14(19)13-17-11-7-5-6-10(12(11)18-13)8-9-16-23(20,21)22-4-2/h5-7,9H,3-4,8H2,1-2H3,(H,15,19)(H,17,18)(H,20,21). The van der Waals surface area contributed by atoms with Crippen molar-refractivity contribution < 1.29 is 18.8 Å². The van der Waals surface area contributed by atoms with Crippen molar-refractivity contribution >= 4 is 30.9 Å². The minimum absolute atomic E-state index is 0.107. The fourth-order valence-corrected chi connectivity index (χ4v) is 2.74. The molecule has 2 aromatic rings. The largest absolute Gasteiger partial charge is 0.450 e. The lowest BCUT2D eigenvalue weighted by Crippen LogP contribution is -2.23. The maximum Gasteiger partial charge on any atom is 0.450 e. The van der Waals surface area contributed by atoms with Crippen LogP contribution in [0.15, 0.2) is 23.0 Å². The zero-order valence-electron chi connectivity index (χ0n) is 12.9. The van der Waals surface area contributed by atoms with Crippen molar-refractivity contribution in [3.05, 3.63) is 29.6 Å². The summed E-state index contributed by atoms with van der Waals surface area (Å²) in [5.74, 6) is -0.0482. The number of benzene rings is 1. The number of amides is 1. The Labute approximate surface area is 133 Å². The van der Waals surface area contributed by atoms with E-state index in [0.29, 0.717) is 24.0 Å². The lowest BCUT2D eigenvalue weighted by molar-refractivity contribution is 0.0946. The van der Waals surface area contributed by atoms with E-state index in [1.165, 1.54) is 6.21 Å². The Bertz CT molecular complexity index is 771. The van der Waals surface area contributed by atoms with Gasteiger partial charge in [0.15, 0.2) is 5.82 Å². The number of fused-ring (bicyclic) bond motifs is 1. The highest BCUT2D eigenvalue weighted by molar-refractivity contribution is 7.51. The highest BCUT2D eigenvalue weighted by Crippen LogP contribution is 2.42. The van der Waals surface area contributed by atoms with E-state index in [2.05, 4.69) is 24.6 Å². The van der Waals surface area contributed by atoms with Crippen molar-refractivity contribution in [2.45, 2.75) is 20.3 Å². The van der Waals surface area contributed by atoms with Gasteiger partial charge in [0.25, 0.3) is 5.91 Å². The molecule has 1 heterocycles. The molecule has 1 unspecified atom stereocenters. The number of aromatic nitrogens is 2. The fourth-order valence-electron chi connectivity index (χ4n) is 2.05. The lowest BCUT2D eigenvalue weighted by Gasteiger charge is -2.03. The van der Waals surface area contributed by atoms with Crippen molar-refractivity contribution in [3.63, 3.8) is 0 Å². The number of rotatable bonds is 7. The maximum atomic E-state index is 11.8. The van der Waals surface area contributed by atoms with Crippen molar-refractivity contribution in [2.75, 3.05) is 13.2 Å². The zero-order valence-corrected chi connectivity index (χ0v) is 13.8. The molecule has 0 fully saturated rings. The molecule has 0 bridgehead atoms. The van der Waals surface area contributed by atoms with Gasteiger partial charge < -0.3 is 15.2 Å². The molecule has 9 heteroatoms. The molecule has 2 rings (SSSR count). The zero-order chi connectivity index (χ0) is 16.9. The molecule has 0 saturated carbocycles. The number of hydrogen-bond acceptors (Lipinski definition) is 4. The first kappa shape index (κ1) is 17.3. The second-order valence-electron chi connectivity index (χ2n) is 4.67. The van der Waals surface area contributed by atoms with Crippen molar-refractivity contribution in [1.29, 1.82) is 0 Å². The molecular weight excluding hydrogens is 319 g/mol. The van der Waals surface area contributed by atoms with E-state index in [0.717, 1.165) is 5.56 Å². The topological polar surface area (TPSA) is 117 Å². The van der Waals surface area contributed by atoms with Crippen LogP contribution < -0.4 is 5.32 Å². The van der Waals surface area contributed by atoms with Gasteiger partial charge in [-0.3, -0.25) is 9.32 Å². The number of carbonyl (C=O) groups excluding carboxylic acids is 1. The molecule has 3 N–H and O–H groups in total. The number of nitrogens with zero attached hydrogens (tertiary/aromatic N) is 2. The normalized spacial score (nSPS) is 14.2. The van der Waals surface area contributed by atoms with Gasteiger partial charge in [0.05, 0.1) is 17.6 Å². The van der Waals surface area contributed by atoms with Gasteiger partial charge in [0, 0.05) is 19.2 Å². The molecule has 0 aliphatic carbocycles. The summed E-state index contributed by atoms with van der Waals surface area (Å²) in [6.45, 7) is 4.06. The molecular formula is C14H19N4O4P. The third kappa shape index (κ3) is 4.48. The summed E-state index contributed by atoms with van der Waals surface area (Å²) in [7, 11) is -3.93. The van der Waals surface area contributed by atoms with Crippen molar-refractivity contribution in [3.8, 4) is 0 Å². The molecule has 0 spiro atoms. The number of imidazole rings is 1. The van der Waals surface area contributed by atoms with E-state index in [1.807, 2.05) is 25.1 Å². The molecule has 1 amide bonds. The molecule has 124 valence electrons. The average molecular weight is 338 g/mol. The quantitative estimate of drug-likeness (QED) is 0.528. The van der Waals surface area contributed by atoms with Crippen LogP contribution in [-0.2, 0) is 15.5 Å². The summed E-state index contributed by atoms with van der Waals surface area (Å²) in [5.41, 5.74) is 2.13. The number of nitrogens with one attached hydrogen (secondary N) is 2. The third-order valence-electron chi connectivity index (χ3n) is 2.98. The average Bonchev–Trinajstić information content (AvgIpc) is 2.92. The number of H-pyrrole nitrogens is 1. The van der Waals surface area contributed by atoms with E-state index >= 15 is 0 Å². The first-order valence-corrected chi connectivity index (χ1v) is 8.77. The molecule has 1 aromatic carbocycles. The van der Waals surface area contributed by atoms with Crippen LogP contribution in [0, 0.1) is 0 Å². The molecule has 23 heavy (non-hydrogen) atoms. The summed E-state index contributed by atoms with van der Waals surface area (Å²) in [4.78, 5) is 28.5. The third-order valence-corrected chi connectivity index (χ3v) is 4.03. The van der Waals surface area contributed by atoms with Crippen LogP contribution in [0.3, 0.4) is 0 Å². The minimum atomic E-state index is -3.93. The maximum absolute atomic E-state index is 11.8. The van der Waals surface area contributed by atoms with Gasteiger partial charge in [0.2, 0.25) is 0 Å². The van der Waals surface area contributed by atoms with Gasteiger partial charge in [0.1, 0.15) is 0 Å². The number of carbonyl (C=O) groups is 1. The van der Waals surface area contributed by atoms with E-state index in [1.54, 1.807) is 6.92 Å². The Morgan fingerprint density at radius 1 is 1.52 bits per heavy atom. The van der Waals surface area contributed by atoms with Crippen LogP contribution in [0.4, 0.5) is 0 Å². The minimum Gasteiger partial charge on any atom is -0.350 e. The van der Waals surface area contributed by atoms with Crippen LogP contribution in [0.2, 0.25) is 0 Å². The SMILES string of the molecule is CCNC(=O)c1nc2c(CC=NP(=O)(O)OCC)cccc2[nH]1. The van der Waals surface area contributed by atoms with Crippen LogP contribution in [0.5, 0.6) is 0 Å². The Morgan fingerprint density at radius 3 is 3.00 bits per heavy atom. The predicted octanol–water partition coefficient (Wildman–Crippen LogP) is 2.06. The molecule has 0 saturated heterocycles. The Kier molecular flexibility index (Phi) is 5.65. The summed E-state index contributed by atoms with van der Waals surface area (Å²) < 4.78 is 19.7. The summed E-state index contributed by atoms with van der Waals surface area (Å²) in [5, 5.41) is 2.67. The lowest BCUT2D eigenvalue weighted by atomic mass is 10.1. The molecule has 1 aromatic heterocycles. The van der Waals surface area contributed by atoms with E-state index in [4.69, 9.17) is 0 Å². The summed E-state index contributed by atoms with van der Waals surface area (Å²) >= 11 is 0. The summed E-state index contributed by atoms with van der Waals surface area (Å²) in [6, 6.07) is 5.44. The van der Waals surface area contributed by atoms with Gasteiger partial charge in [-0.2, -0.15) is 4.76 Å². The molecule has 1 atom stereocenters. The van der Waals surface area contributed by atoms with Crippen LogP contribution in [-0.4, -0.2) is 40.1 Å². The van der Waals surface area contributed by atoms with Gasteiger partial charge in [-0.1, -0.05) is 12.1 Å². The number of para-hydroxylation sites is 1. The second kappa shape index (κ2) is 7.50. The number of hydrogen-bond donors (Lipinski definition) is 3. The molecule has 0 aliphatic rings. The highest BCUT2D eigenvalue weighted by atomic mass is 31.2. The van der Waals surface area contributed by atoms with Gasteiger partial charge in [-0.15, -0.1) is 0 Å². The van der Waals surface area contributed by atoms with Crippen molar-refractivity contribution in [1.82, 2.24) is 15.3 Å².